The second-order valence-corrected chi connectivity index (χ2v) is 7.75. The van der Waals surface area contributed by atoms with Crippen molar-refractivity contribution in [3.05, 3.63) is 54.2 Å². The Hall–Kier alpha value is -2.47. The van der Waals surface area contributed by atoms with Crippen LogP contribution < -0.4 is 4.90 Å². The summed E-state index contributed by atoms with van der Waals surface area (Å²) in [6.45, 7) is 5.34. The molecule has 140 valence electrons. The molecule has 5 heterocycles. The first-order valence-electron chi connectivity index (χ1n) is 10.1. The lowest BCUT2D eigenvalue weighted by atomic mass is 9.97. The maximum Gasteiger partial charge on any atom is 0.156 e. The summed E-state index contributed by atoms with van der Waals surface area (Å²) in [5, 5.41) is 4.85. The molecule has 27 heavy (non-hydrogen) atoms. The Kier molecular flexibility index (Phi) is 4.49. The molecule has 0 radical (unpaired) electrons. The van der Waals surface area contributed by atoms with Crippen molar-refractivity contribution in [1.82, 2.24) is 24.5 Å². The highest BCUT2D eigenvalue weighted by Gasteiger charge is 2.25. The van der Waals surface area contributed by atoms with E-state index in [9.17, 15) is 0 Å². The predicted octanol–water partition coefficient (Wildman–Crippen LogP) is 3.10. The van der Waals surface area contributed by atoms with Gasteiger partial charge in [-0.25, -0.2) is 9.50 Å². The van der Waals surface area contributed by atoms with Crippen molar-refractivity contribution in [2.75, 3.05) is 31.1 Å². The number of anilines is 1. The number of fused-ring (bicyclic) bond motifs is 1. The molecular formula is C21H26N6. The minimum Gasteiger partial charge on any atom is -0.370 e. The first-order chi connectivity index (χ1) is 13.3. The smallest absolute Gasteiger partial charge is 0.156 e. The van der Waals surface area contributed by atoms with Gasteiger partial charge in [0.2, 0.25) is 0 Å². The third-order valence-electron chi connectivity index (χ3n) is 5.79. The molecule has 2 aliphatic heterocycles. The fraction of sp³-hybridized carbons (Fsp3) is 0.476. The van der Waals surface area contributed by atoms with E-state index in [-0.39, 0.29) is 0 Å². The highest BCUT2D eigenvalue weighted by Crippen LogP contribution is 2.27. The van der Waals surface area contributed by atoms with E-state index in [0.717, 1.165) is 56.3 Å². The van der Waals surface area contributed by atoms with Crippen LogP contribution in [-0.2, 0) is 6.54 Å². The molecule has 0 spiro atoms. The van der Waals surface area contributed by atoms with Crippen molar-refractivity contribution in [3.8, 4) is 0 Å². The molecule has 6 nitrogen and oxygen atoms in total. The zero-order chi connectivity index (χ0) is 18.1. The normalized spacial score (nSPS) is 21.2. The summed E-state index contributed by atoms with van der Waals surface area (Å²) in [5.41, 5.74) is 3.35. The molecule has 0 unspecified atom stereocenters. The summed E-state index contributed by atoms with van der Waals surface area (Å²) in [7, 11) is 0. The third-order valence-corrected chi connectivity index (χ3v) is 5.79. The van der Waals surface area contributed by atoms with Gasteiger partial charge in [-0.2, -0.15) is 5.10 Å². The van der Waals surface area contributed by atoms with E-state index in [1.807, 2.05) is 16.8 Å². The lowest BCUT2D eigenvalue weighted by molar-refractivity contribution is 0.194. The van der Waals surface area contributed by atoms with Gasteiger partial charge in [0.1, 0.15) is 0 Å². The Labute approximate surface area is 159 Å². The van der Waals surface area contributed by atoms with Crippen molar-refractivity contribution in [1.29, 1.82) is 0 Å². The fourth-order valence-electron chi connectivity index (χ4n) is 4.36. The number of piperidine rings is 1. The Balaban J connectivity index is 1.33. The first kappa shape index (κ1) is 16.7. The van der Waals surface area contributed by atoms with Gasteiger partial charge in [0.15, 0.2) is 11.5 Å². The van der Waals surface area contributed by atoms with Crippen LogP contribution in [0.25, 0.3) is 5.65 Å². The molecule has 0 saturated carbocycles. The van der Waals surface area contributed by atoms with Gasteiger partial charge in [-0.05, 0) is 56.5 Å². The Bertz CT molecular complexity index is 899. The topological polar surface area (TPSA) is 49.6 Å². The summed E-state index contributed by atoms with van der Waals surface area (Å²) in [4.78, 5) is 14.2. The largest absolute Gasteiger partial charge is 0.370 e. The van der Waals surface area contributed by atoms with Crippen LogP contribution in [0.3, 0.4) is 0 Å². The van der Waals surface area contributed by atoms with Crippen molar-refractivity contribution in [3.63, 3.8) is 0 Å². The van der Waals surface area contributed by atoms with E-state index in [1.165, 1.54) is 24.9 Å². The van der Waals surface area contributed by atoms with Crippen LogP contribution in [0.5, 0.6) is 0 Å². The van der Waals surface area contributed by atoms with E-state index >= 15 is 0 Å². The fourth-order valence-corrected chi connectivity index (χ4v) is 4.36. The van der Waals surface area contributed by atoms with Gasteiger partial charge < -0.3 is 4.90 Å². The van der Waals surface area contributed by atoms with Crippen molar-refractivity contribution in [2.45, 2.75) is 38.1 Å². The predicted molar refractivity (Wildman–Crippen MR) is 106 cm³/mol. The number of aromatic nitrogens is 4. The maximum atomic E-state index is 4.85. The number of nitrogens with zero attached hydrogens (tertiary/aromatic N) is 6. The molecule has 0 bridgehead atoms. The lowest BCUT2D eigenvalue weighted by Gasteiger charge is -2.31. The maximum absolute atomic E-state index is 4.85. The van der Waals surface area contributed by atoms with E-state index in [4.69, 9.17) is 10.1 Å². The number of pyridine rings is 2. The summed E-state index contributed by atoms with van der Waals surface area (Å²) in [6.07, 6.45) is 8.94. The van der Waals surface area contributed by atoms with Crippen molar-refractivity contribution < 1.29 is 0 Å². The Morgan fingerprint density at radius 2 is 1.93 bits per heavy atom. The molecular weight excluding hydrogens is 336 g/mol. The molecule has 2 aliphatic rings. The number of hydrogen-bond acceptors (Lipinski definition) is 5. The zero-order valence-electron chi connectivity index (χ0n) is 15.7. The van der Waals surface area contributed by atoms with Crippen LogP contribution >= 0.6 is 0 Å². The van der Waals surface area contributed by atoms with Gasteiger partial charge in [0.05, 0.1) is 17.6 Å². The number of likely N-dealkylation sites (tertiary alicyclic amines) is 1. The van der Waals surface area contributed by atoms with E-state index in [0.29, 0.717) is 5.92 Å². The molecule has 1 atom stereocenters. The highest BCUT2D eigenvalue weighted by atomic mass is 15.3. The molecule has 5 rings (SSSR count). The Morgan fingerprint density at radius 3 is 2.78 bits per heavy atom. The molecule has 3 aromatic heterocycles. The molecule has 0 N–H and O–H groups in total. The number of hydrogen-bond donors (Lipinski definition) is 0. The molecule has 6 heteroatoms. The van der Waals surface area contributed by atoms with Crippen LogP contribution in [0.2, 0.25) is 0 Å². The average molecular weight is 362 g/mol. The van der Waals surface area contributed by atoms with Gasteiger partial charge in [-0.1, -0.05) is 6.07 Å². The monoisotopic (exact) mass is 362 g/mol. The highest BCUT2D eigenvalue weighted by molar-refractivity contribution is 5.51. The molecule has 3 aromatic rings. The van der Waals surface area contributed by atoms with E-state index in [1.54, 1.807) is 0 Å². The second-order valence-electron chi connectivity index (χ2n) is 7.75. The molecule has 2 fully saturated rings. The molecule has 0 aliphatic carbocycles. The van der Waals surface area contributed by atoms with Crippen LogP contribution in [0.4, 0.5) is 5.69 Å². The van der Waals surface area contributed by atoms with Crippen LogP contribution in [0.15, 0.2) is 42.7 Å². The quantitative estimate of drug-likeness (QED) is 0.714. The van der Waals surface area contributed by atoms with Gasteiger partial charge in [0, 0.05) is 38.3 Å². The minimum absolute atomic E-state index is 0.401. The lowest BCUT2D eigenvalue weighted by Crippen LogP contribution is -2.34. The van der Waals surface area contributed by atoms with E-state index < -0.39 is 0 Å². The molecule has 0 aromatic carbocycles. The van der Waals surface area contributed by atoms with Gasteiger partial charge in [0.25, 0.3) is 0 Å². The van der Waals surface area contributed by atoms with Crippen molar-refractivity contribution in [2.24, 2.45) is 0 Å². The summed E-state index contributed by atoms with van der Waals surface area (Å²) >= 11 is 0. The Morgan fingerprint density at radius 1 is 1.00 bits per heavy atom. The summed E-state index contributed by atoms with van der Waals surface area (Å²) < 4.78 is 1.97. The summed E-state index contributed by atoms with van der Waals surface area (Å²) in [5.74, 6) is 1.39. The van der Waals surface area contributed by atoms with Gasteiger partial charge in [-0.3, -0.25) is 9.88 Å². The van der Waals surface area contributed by atoms with Crippen LogP contribution in [0.1, 0.15) is 43.1 Å². The molecule has 2 saturated heterocycles. The second kappa shape index (κ2) is 7.27. The average Bonchev–Trinajstić information content (AvgIpc) is 3.38. The first-order valence-corrected chi connectivity index (χ1v) is 10.1. The van der Waals surface area contributed by atoms with Crippen LogP contribution in [0, 0.1) is 0 Å². The molecule has 0 amide bonds. The van der Waals surface area contributed by atoms with E-state index in [2.05, 4.69) is 45.2 Å². The minimum atomic E-state index is 0.401. The SMILES string of the molecule is c1ccc(CN2CCC[C@@H](c3nc4ccc(N5CCCC5)cn4n3)C2)nc1. The summed E-state index contributed by atoms with van der Waals surface area (Å²) in [6, 6.07) is 10.4. The van der Waals surface area contributed by atoms with Crippen LogP contribution in [-0.4, -0.2) is 50.7 Å². The standard InChI is InChI=1S/C21H26N6/c1-2-10-22-18(7-1)15-25-11-5-6-17(14-25)21-23-20-9-8-19(16-27(20)24-21)26-12-3-4-13-26/h1-2,7-10,16-17H,3-6,11-15H2/t17-/m1/s1. The number of rotatable bonds is 4. The van der Waals surface area contributed by atoms with Gasteiger partial charge in [-0.15, -0.1) is 0 Å². The zero-order valence-corrected chi connectivity index (χ0v) is 15.7. The van der Waals surface area contributed by atoms with Gasteiger partial charge >= 0.3 is 0 Å². The van der Waals surface area contributed by atoms with Crippen molar-refractivity contribution >= 4 is 11.3 Å². The third kappa shape index (κ3) is 3.54.